The van der Waals surface area contributed by atoms with Gasteiger partial charge in [0.25, 0.3) is 0 Å². The molecule has 0 amide bonds. The summed E-state index contributed by atoms with van der Waals surface area (Å²) in [4.78, 5) is 0. The lowest BCUT2D eigenvalue weighted by molar-refractivity contribution is -0.149. The minimum atomic E-state index is -0.572. The minimum absolute atomic E-state index is 0.572. The predicted octanol–water partition coefficient (Wildman–Crippen LogP) is 3.62. The molecule has 1 aliphatic rings. The van der Waals surface area contributed by atoms with E-state index in [1.807, 2.05) is 6.92 Å². The normalized spacial score (nSPS) is 18.3. The van der Waals surface area contributed by atoms with Crippen molar-refractivity contribution < 1.29 is 9.47 Å². The van der Waals surface area contributed by atoms with E-state index in [-0.39, 0.29) is 0 Å². The van der Waals surface area contributed by atoms with E-state index in [9.17, 15) is 0 Å². The zero-order valence-corrected chi connectivity index (χ0v) is 10.9. The lowest BCUT2D eigenvalue weighted by Crippen LogP contribution is -2.22. The van der Waals surface area contributed by atoms with Crippen molar-refractivity contribution in [2.24, 2.45) is 0 Å². The Labute approximate surface area is 108 Å². The highest BCUT2D eigenvalue weighted by atomic mass is 16.7. The second-order valence-electron chi connectivity index (χ2n) is 4.89. The van der Waals surface area contributed by atoms with Gasteiger partial charge in [-0.3, -0.25) is 0 Å². The van der Waals surface area contributed by atoms with Crippen molar-refractivity contribution in [3.63, 3.8) is 0 Å². The topological polar surface area (TPSA) is 18.5 Å². The second-order valence-corrected chi connectivity index (χ2v) is 4.89. The molecule has 0 radical (unpaired) electrons. The Morgan fingerprint density at radius 2 is 1.67 bits per heavy atom. The molecule has 0 saturated carbocycles. The van der Waals surface area contributed by atoms with E-state index in [4.69, 9.17) is 9.47 Å². The Morgan fingerprint density at radius 1 is 1.00 bits per heavy atom. The zero-order chi connectivity index (χ0) is 12.6. The summed E-state index contributed by atoms with van der Waals surface area (Å²) >= 11 is 0. The van der Waals surface area contributed by atoms with Gasteiger partial charge in [-0.1, -0.05) is 37.3 Å². The minimum Gasteiger partial charge on any atom is -0.344 e. The van der Waals surface area contributed by atoms with E-state index in [0.717, 1.165) is 12.0 Å². The Morgan fingerprint density at radius 3 is 2.39 bits per heavy atom. The number of ether oxygens (including phenoxy) is 2. The first kappa shape index (κ1) is 11.7. The molecule has 0 aromatic heterocycles. The van der Waals surface area contributed by atoms with Crippen molar-refractivity contribution in [3.05, 3.63) is 47.5 Å². The average Bonchev–Trinajstić information content (AvgIpc) is 2.85. The Hall–Kier alpha value is -1.38. The highest BCUT2D eigenvalue weighted by Gasteiger charge is 2.32. The second kappa shape index (κ2) is 4.38. The van der Waals surface area contributed by atoms with Crippen LogP contribution in [0.3, 0.4) is 0 Å². The smallest absolute Gasteiger partial charge is 0.192 e. The monoisotopic (exact) mass is 242 g/mol. The van der Waals surface area contributed by atoms with Crippen LogP contribution in [0, 0.1) is 0 Å². The lowest BCUT2D eigenvalue weighted by atomic mass is 10.00. The van der Waals surface area contributed by atoms with Crippen molar-refractivity contribution in [2.45, 2.75) is 26.1 Å². The summed E-state index contributed by atoms with van der Waals surface area (Å²) in [6.45, 7) is 5.50. The number of hydrogen-bond donors (Lipinski definition) is 0. The van der Waals surface area contributed by atoms with Gasteiger partial charge in [-0.2, -0.15) is 0 Å². The summed E-state index contributed by atoms with van der Waals surface area (Å²) < 4.78 is 11.4. The fraction of sp³-hybridized carbons (Fsp3) is 0.375. The third-order valence-electron chi connectivity index (χ3n) is 3.68. The summed E-state index contributed by atoms with van der Waals surface area (Å²) in [6, 6.07) is 13.0. The van der Waals surface area contributed by atoms with Crippen LogP contribution in [0.15, 0.2) is 36.4 Å². The Bertz CT molecular complexity index is 568. The number of hydrogen-bond acceptors (Lipinski definition) is 2. The highest BCUT2D eigenvalue weighted by Crippen LogP contribution is 2.32. The molecule has 2 nitrogen and oxygen atoms in total. The van der Waals surface area contributed by atoms with E-state index in [1.54, 1.807) is 0 Å². The van der Waals surface area contributed by atoms with Crippen molar-refractivity contribution in [1.29, 1.82) is 0 Å². The zero-order valence-electron chi connectivity index (χ0n) is 10.9. The van der Waals surface area contributed by atoms with Crippen LogP contribution in [-0.4, -0.2) is 13.2 Å². The summed E-state index contributed by atoms with van der Waals surface area (Å²) in [5, 5.41) is 2.52. The summed E-state index contributed by atoms with van der Waals surface area (Å²) in [6.07, 6.45) is 1.07. The number of rotatable bonds is 2. The van der Waals surface area contributed by atoms with Gasteiger partial charge in [0, 0.05) is 5.56 Å². The van der Waals surface area contributed by atoms with E-state index in [0.29, 0.717) is 13.2 Å². The average molecular weight is 242 g/mol. The van der Waals surface area contributed by atoms with Crippen molar-refractivity contribution >= 4 is 10.8 Å². The lowest BCUT2D eigenvalue weighted by Gasteiger charge is -2.23. The van der Waals surface area contributed by atoms with Gasteiger partial charge in [0.1, 0.15) is 0 Å². The largest absolute Gasteiger partial charge is 0.344 e. The first-order valence-electron chi connectivity index (χ1n) is 6.52. The van der Waals surface area contributed by atoms with Crippen LogP contribution >= 0.6 is 0 Å². The maximum Gasteiger partial charge on any atom is 0.192 e. The molecule has 1 aliphatic heterocycles. The van der Waals surface area contributed by atoms with Crippen molar-refractivity contribution in [3.8, 4) is 0 Å². The molecule has 0 unspecified atom stereocenters. The van der Waals surface area contributed by atoms with Gasteiger partial charge in [0.05, 0.1) is 13.2 Å². The Balaban J connectivity index is 2.06. The van der Waals surface area contributed by atoms with Gasteiger partial charge in [0.2, 0.25) is 0 Å². The van der Waals surface area contributed by atoms with Crippen LogP contribution in [0.25, 0.3) is 10.8 Å². The molecule has 1 fully saturated rings. The van der Waals surface area contributed by atoms with Gasteiger partial charge in [-0.15, -0.1) is 0 Å². The third-order valence-corrected chi connectivity index (χ3v) is 3.68. The SMILES string of the molecule is CCc1ccc2cc(C3(C)OCCO3)ccc2c1. The van der Waals surface area contributed by atoms with E-state index in [1.165, 1.54) is 16.3 Å². The number of fused-ring (bicyclic) bond motifs is 1. The molecule has 0 N–H and O–H groups in total. The molecule has 2 aromatic rings. The fourth-order valence-electron chi connectivity index (χ4n) is 2.48. The maximum atomic E-state index is 5.70. The van der Waals surface area contributed by atoms with Crippen LogP contribution in [0.5, 0.6) is 0 Å². The Kier molecular flexibility index (Phi) is 2.84. The quantitative estimate of drug-likeness (QED) is 0.800. The molecule has 0 atom stereocenters. The van der Waals surface area contributed by atoms with Gasteiger partial charge in [0.15, 0.2) is 5.79 Å². The number of benzene rings is 2. The molecule has 2 aromatic carbocycles. The van der Waals surface area contributed by atoms with Crippen LogP contribution < -0.4 is 0 Å². The molecular formula is C16H18O2. The van der Waals surface area contributed by atoms with Crippen molar-refractivity contribution in [2.75, 3.05) is 13.2 Å². The molecule has 3 rings (SSSR count). The van der Waals surface area contributed by atoms with E-state index >= 15 is 0 Å². The number of aryl methyl sites for hydroxylation is 1. The van der Waals surface area contributed by atoms with Crippen molar-refractivity contribution in [1.82, 2.24) is 0 Å². The third kappa shape index (κ3) is 1.92. The standard InChI is InChI=1S/C16H18O2/c1-3-12-4-5-14-11-15(7-6-13(14)10-12)16(2)17-8-9-18-16/h4-7,10-11H,3,8-9H2,1-2H3. The molecule has 1 saturated heterocycles. The summed E-state index contributed by atoms with van der Waals surface area (Å²) in [5.74, 6) is -0.572. The predicted molar refractivity (Wildman–Crippen MR) is 72.6 cm³/mol. The molecule has 0 spiro atoms. The molecule has 0 bridgehead atoms. The van der Waals surface area contributed by atoms with Crippen LogP contribution in [0.2, 0.25) is 0 Å². The fourth-order valence-corrected chi connectivity index (χ4v) is 2.48. The van der Waals surface area contributed by atoms with E-state index < -0.39 is 5.79 Å². The van der Waals surface area contributed by atoms with E-state index in [2.05, 4.69) is 43.3 Å². The molecule has 2 heteroatoms. The first-order valence-corrected chi connectivity index (χ1v) is 6.52. The molecular weight excluding hydrogens is 224 g/mol. The molecule has 1 heterocycles. The summed E-state index contributed by atoms with van der Waals surface area (Å²) in [7, 11) is 0. The molecule has 94 valence electrons. The van der Waals surface area contributed by atoms with Gasteiger partial charge in [-0.05, 0) is 35.7 Å². The van der Waals surface area contributed by atoms with Gasteiger partial charge in [-0.25, -0.2) is 0 Å². The van der Waals surface area contributed by atoms with Gasteiger partial charge < -0.3 is 9.47 Å². The van der Waals surface area contributed by atoms with Crippen LogP contribution in [0.4, 0.5) is 0 Å². The van der Waals surface area contributed by atoms with Crippen LogP contribution in [-0.2, 0) is 21.7 Å². The molecule has 0 aliphatic carbocycles. The maximum absolute atomic E-state index is 5.70. The first-order chi connectivity index (χ1) is 8.71. The highest BCUT2D eigenvalue weighted by molar-refractivity contribution is 5.84. The van der Waals surface area contributed by atoms with Crippen LogP contribution in [0.1, 0.15) is 25.0 Å². The molecule has 18 heavy (non-hydrogen) atoms. The summed E-state index contributed by atoms with van der Waals surface area (Å²) in [5.41, 5.74) is 2.46. The van der Waals surface area contributed by atoms with Gasteiger partial charge >= 0.3 is 0 Å².